The summed E-state index contributed by atoms with van der Waals surface area (Å²) < 4.78 is 20.2. The van der Waals surface area contributed by atoms with Gasteiger partial charge in [-0.15, -0.1) is 0 Å². The molecular weight excluding hydrogens is 293 g/mol. The maximum Gasteiger partial charge on any atom is 0.201 e. The molecule has 21 heavy (non-hydrogen) atoms. The van der Waals surface area contributed by atoms with Crippen molar-refractivity contribution >= 4 is 28.6 Å². The van der Waals surface area contributed by atoms with Crippen LogP contribution in [-0.2, 0) is 6.54 Å². The molecule has 0 aliphatic heterocycles. The summed E-state index contributed by atoms with van der Waals surface area (Å²) in [5.41, 5.74) is 8.45. The molecule has 0 bridgehead atoms. The number of nitrogens with zero attached hydrogens (tertiary/aromatic N) is 2. The molecule has 3 aromatic rings. The fourth-order valence-corrected chi connectivity index (χ4v) is 2.45. The highest BCUT2D eigenvalue weighted by molar-refractivity contribution is 6.30. The highest BCUT2D eigenvalue weighted by atomic mass is 35.5. The molecule has 1 aromatic heterocycles. The minimum Gasteiger partial charge on any atom is -0.497 e. The van der Waals surface area contributed by atoms with Gasteiger partial charge in [-0.3, -0.25) is 0 Å². The molecule has 2 N–H and O–H groups in total. The molecule has 0 unspecified atom stereocenters. The summed E-state index contributed by atoms with van der Waals surface area (Å²) in [7, 11) is 1.60. The third-order valence-electron chi connectivity index (χ3n) is 3.31. The van der Waals surface area contributed by atoms with Crippen molar-refractivity contribution < 1.29 is 9.13 Å². The number of rotatable bonds is 3. The van der Waals surface area contributed by atoms with Crippen molar-refractivity contribution in [2.75, 3.05) is 12.8 Å². The molecule has 0 atom stereocenters. The van der Waals surface area contributed by atoms with E-state index in [1.807, 2.05) is 22.8 Å². The van der Waals surface area contributed by atoms with Crippen LogP contribution in [0.2, 0.25) is 5.02 Å². The molecule has 6 heteroatoms. The van der Waals surface area contributed by atoms with Crippen LogP contribution in [0.1, 0.15) is 5.56 Å². The van der Waals surface area contributed by atoms with Gasteiger partial charge in [-0.25, -0.2) is 9.37 Å². The molecule has 2 aromatic carbocycles. The number of methoxy groups -OCH3 is 1. The van der Waals surface area contributed by atoms with Crippen molar-refractivity contribution in [2.45, 2.75) is 6.54 Å². The Hall–Kier alpha value is -2.27. The lowest BCUT2D eigenvalue weighted by Crippen LogP contribution is -2.04. The van der Waals surface area contributed by atoms with Gasteiger partial charge in [0.1, 0.15) is 11.6 Å². The molecule has 0 saturated carbocycles. The number of aromatic nitrogens is 2. The number of hydrogen-bond donors (Lipinski definition) is 1. The second-order valence-electron chi connectivity index (χ2n) is 4.66. The number of halogens is 2. The predicted molar refractivity (Wildman–Crippen MR) is 81.2 cm³/mol. The van der Waals surface area contributed by atoms with Crippen molar-refractivity contribution in [3.05, 3.63) is 52.8 Å². The average molecular weight is 306 g/mol. The number of nitrogen functional groups attached to an aromatic ring is 1. The van der Waals surface area contributed by atoms with E-state index in [1.54, 1.807) is 19.2 Å². The quantitative estimate of drug-likeness (QED) is 0.806. The van der Waals surface area contributed by atoms with Gasteiger partial charge < -0.3 is 15.0 Å². The highest BCUT2D eigenvalue weighted by Crippen LogP contribution is 2.24. The molecule has 0 fully saturated rings. The van der Waals surface area contributed by atoms with Crippen LogP contribution in [-0.4, -0.2) is 16.7 Å². The summed E-state index contributed by atoms with van der Waals surface area (Å²) in [4.78, 5) is 4.31. The van der Waals surface area contributed by atoms with Crippen molar-refractivity contribution in [3.8, 4) is 5.75 Å². The van der Waals surface area contributed by atoms with E-state index in [9.17, 15) is 4.39 Å². The average Bonchev–Trinajstić information content (AvgIpc) is 2.78. The first kappa shape index (κ1) is 13.7. The summed E-state index contributed by atoms with van der Waals surface area (Å²) in [6.07, 6.45) is 0. The fourth-order valence-electron chi connectivity index (χ4n) is 2.24. The lowest BCUT2D eigenvalue weighted by atomic mass is 10.2. The third kappa shape index (κ3) is 2.52. The van der Waals surface area contributed by atoms with Gasteiger partial charge in [0.15, 0.2) is 0 Å². The van der Waals surface area contributed by atoms with Gasteiger partial charge in [0.05, 0.1) is 29.7 Å². The van der Waals surface area contributed by atoms with E-state index < -0.39 is 5.82 Å². The first-order valence-electron chi connectivity index (χ1n) is 6.32. The van der Waals surface area contributed by atoms with E-state index in [2.05, 4.69) is 4.98 Å². The van der Waals surface area contributed by atoms with Gasteiger partial charge >= 0.3 is 0 Å². The third-order valence-corrected chi connectivity index (χ3v) is 3.60. The Kier molecular flexibility index (Phi) is 3.43. The molecule has 0 aliphatic rings. The Morgan fingerprint density at radius 2 is 2.10 bits per heavy atom. The van der Waals surface area contributed by atoms with Crippen molar-refractivity contribution in [2.24, 2.45) is 0 Å². The Bertz CT molecular complexity index is 816. The predicted octanol–water partition coefficient (Wildman–Crippen LogP) is 3.47. The SMILES string of the molecule is COc1ccc2c(c1)nc(N)n2Cc1ccc(F)c(Cl)c1. The van der Waals surface area contributed by atoms with Crippen LogP contribution < -0.4 is 10.5 Å². The molecule has 0 saturated heterocycles. The number of benzene rings is 2. The van der Waals surface area contributed by atoms with Gasteiger partial charge in [-0.05, 0) is 29.8 Å². The number of anilines is 1. The van der Waals surface area contributed by atoms with Crippen LogP contribution in [0, 0.1) is 5.82 Å². The number of hydrogen-bond acceptors (Lipinski definition) is 3. The largest absolute Gasteiger partial charge is 0.497 e. The van der Waals surface area contributed by atoms with E-state index in [-0.39, 0.29) is 5.02 Å². The van der Waals surface area contributed by atoms with E-state index in [0.29, 0.717) is 12.5 Å². The van der Waals surface area contributed by atoms with E-state index in [0.717, 1.165) is 22.3 Å². The second-order valence-corrected chi connectivity index (χ2v) is 5.07. The zero-order valence-corrected chi connectivity index (χ0v) is 12.1. The van der Waals surface area contributed by atoms with E-state index in [1.165, 1.54) is 6.07 Å². The number of fused-ring (bicyclic) bond motifs is 1. The summed E-state index contributed by atoms with van der Waals surface area (Å²) in [5.74, 6) is 0.671. The second kappa shape index (κ2) is 5.26. The molecule has 108 valence electrons. The summed E-state index contributed by atoms with van der Waals surface area (Å²) in [6, 6.07) is 10.2. The molecule has 0 aliphatic carbocycles. The zero-order chi connectivity index (χ0) is 15.0. The van der Waals surface area contributed by atoms with E-state index >= 15 is 0 Å². The van der Waals surface area contributed by atoms with Crippen LogP contribution in [0.3, 0.4) is 0 Å². The summed E-state index contributed by atoms with van der Waals surface area (Å²) in [6.45, 7) is 0.467. The first-order chi connectivity index (χ1) is 10.1. The Labute approximate surface area is 125 Å². The van der Waals surface area contributed by atoms with Crippen molar-refractivity contribution in [3.63, 3.8) is 0 Å². The van der Waals surface area contributed by atoms with Gasteiger partial charge in [-0.2, -0.15) is 0 Å². The maximum absolute atomic E-state index is 13.2. The summed E-state index contributed by atoms with van der Waals surface area (Å²) >= 11 is 5.80. The maximum atomic E-state index is 13.2. The normalized spacial score (nSPS) is 11.0. The monoisotopic (exact) mass is 305 g/mol. The first-order valence-corrected chi connectivity index (χ1v) is 6.70. The topological polar surface area (TPSA) is 53.1 Å². The smallest absolute Gasteiger partial charge is 0.201 e. The Balaban J connectivity index is 2.03. The molecular formula is C15H13ClFN3O. The number of imidazole rings is 1. The van der Waals surface area contributed by atoms with Crippen molar-refractivity contribution in [1.82, 2.24) is 9.55 Å². The van der Waals surface area contributed by atoms with Crippen LogP contribution in [0.25, 0.3) is 11.0 Å². The van der Waals surface area contributed by atoms with Crippen LogP contribution in [0.15, 0.2) is 36.4 Å². The van der Waals surface area contributed by atoms with Crippen molar-refractivity contribution in [1.29, 1.82) is 0 Å². The minimum atomic E-state index is -0.436. The fraction of sp³-hybridized carbons (Fsp3) is 0.133. The molecule has 0 amide bonds. The van der Waals surface area contributed by atoms with Gasteiger partial charge in [0, 0.05) is 6.07 Å². The van der Waals surface area contributed by atoms with Gasteiger partial charge in [0.25, 0.3) is 0 Å². The Morgan fingerprint density at radius 1 is 1.29 bits per heavy atom. The summed E-state index contributed by atoms with van der Waals surface area (Å²) in [5, 5.41) is 0.0946. The van der Waals surface area contributed by atoms with E-state index in [4.69, 9.17) is 22.1 Å². The standard InChI is InChI=1S/C15H13ClFN3O/c1-21-10-3-5-14-13(7-10)19-15(18)20(14)8-9-2-4-12(17)11(16)6-9/h2-7H,8H2,1H3,(H2,18,19). The lowest BCUT2D eigenvalue weighted by molar-refractivity contribution is 0.415. The Morgan fingerprint density at radius 3 is 2.81 bits per heavy atom. The van der Waals surface area contributed by atoms with Gasteiger partial charge in [-0.1, -0.05) is 17.7 Å². The zero-order valence-electron chi connectivity index (χ0n) is 11.3. The molecule has 0 spiro atoms. The lowest BCUT2D eigenvalue weighted by Gasteiger charge is -2.08. The van der Waals surface area contributed by atoms with Crippen LogP contribution in [0.5, 0.6) is 5.75 Å². The molecule has 3 rings (SSSR count). The molecule has 0 radical (unpaired) electrons. The molecule has 1 heterocycles. The number of ether oxygens (including phenoxy) is 1. The van der Waals surface area contributed by atoms with Gasteiger partial charge in [0.2, 0.25) is 5.95 Å². The van der Waals surface area contributed by atoms with Crippen LogP contribution >= 0.6 is 11.6 Å². The van der Waals surface area contributed by atoms with Crippen LogP contribution in [0.4, 0.5) is 10.3 Å². The highest BCUT2D eigenvalue weighted by Gasteiger charge is 2.10. The molecule has 4 nitrogen and oxygen atoms in total. The minimum absolute atomic E-state index is 0.0946. The number of nitrogens with two attached hydrogens (primary N) is 1.